The van der Waals surface area contributed by atoms with Gasteiger partial charge in [0.2, 0.25) is 0 Å². The van der Waals surface area contributed by atoms with Crippen LogP contribution in [0.3, 0.4) is 0 Å². The molecule has 1 aliphatic heterocycles. The standard InChI is InChI=1S/C13H12N2O2/c16-12-4-2-1-3-8-5-9-7-14-13(17)15-11(9)6-10(8)12/h5-6H,1-3,7H2,(H2,14,15,17). The number of ketones is 1. The van der Waals surface area contributed by atoms with Crippen LogP contribution >= 0.6 is 0 Å². The van der Waals surface area contributed by atoms with Crippen LogP contribution in [-0.2, 0) is 13.0 Å². The predicted octanol–water partition coefficient (Wildman–Crippen LogP) is 1.92. The summed E-state index contributed by atoms with van der Waals surface area (Å²) in [5.41, 5.74) is 3.53. The van der Waals surface area contributed by atoms with Crippen LogP contribution in [0.15, 0.2) is 12.1 Å². The number of nitrogens with one attached hydrogen (secondary N) is 2. The van der Waals surface area contributed by atoms with E-state index in [0.717, 1.165) is 29.7 Å². The lowest BCUT2D eigenvalue weighted by molar-refractivity contribution is 0.102. The van der Waals surface area contributed by atoms with Gasteiger partial charge >= 0.3 is 6.03 Å². The summed E-state index contributed by atoms with van der Waals surface area (Å²) in [5.74, 6) is -0.0481. The average molecular weight is 228 g/mol. The first-order valence-corrected chi connectivity index (χ1v) is 5.73. The van der Waals surface area contributed by atoms with E-state index in [1.54, 1.807) is 6.07 Å². The molecule has 2 amide bonds. The maximum absolute atomic E-state index is 11.8. The molecule has 0 aromatic heterocycles. The average Bonchev–Trinajstić information content (AvgIpc) is 2.49. The van der Waals surface area contributed by atoms with Gasteiger partial charge in [-0.1, -0.05) is 6.07 Å². The molecule has 4 heteroatoms. The lowest BCUT2D eigenvalue weighted by Gasteiger charge is -2.20. The summed E-state index contributed by atoms with van der Waals surface area (Å²) in [7, 11) is 0. The van der Waals surface area contributed by atoms with Gasteiger partial charge in [-0.15, -0.1) is 0 Å². The van der Waals surface area contributed by atoms with Gasteiger partial charge in [-0.3, -0.25) is 4.79 Å². The fourth-order valence-corrected chi connectivity index (χ4v) is 2.29. The van der Waals surface area contributed by atoms with Crippen molar-refractivity contribution in [2.24, 2.45) is 0 Å². The molecule has 0 atom stereocenters. The number of aryl methyl sites for hydroxylation is 1. The third-order valence-electron chi connectivity index (χ3n) is 3.17. The Hall–Kier alpha value is -1.84. The number of urea groups is 1. The van der Waals surface area contributed by atoms with E-state index in [-0.39, 0.29) is 11.8 Å². The molecule has 0 spiro atoms. The fourth-order valence-electron chi connectivity index (χ4n) is 2.29. The fraction of sp³-hybridized carbons (Fsp3) is 0.308. The Labute approximate surface area is 99.4 Å². The van der Waals surface area contributed by atoms with E-state index in [1.165, 1.54) is 0 Å². The van der Waals surface area contributed by atoms with E-state index in [1.807, 2.05) is 6.07 Å². The van der Waals surface area contributed by atoms with E-state index in [2.05, 4.69) is 17.1 Å². The van der Waals surface area contributed by atoms with Gasteiger partial charge < -0.3 is 10.6 Å². The molecular weight excluding hydrogens is 216 g/mol. The molecule has 0 saturated carbocycles. The highest BCUT2D eigenvalue weighted by molar-refractivity contribution is 6.05. The number of rotatable bonds is 0. The Balaban J connectivity index is 2.09. The van der Waals surface area contributed by atoms with Crippen LogP contribution in [0.5, 0.6) is 0 Å². The first-order chi connectivity index (χ1) is 8.24. The second-order valence-electron chi connectivity index (χ2n) is 4.33. The number of hydrogen-bond donors (Lipinski definition) is 2. The summed E-state index contributed by atoms with van der Waals surface area (Å²) in [4.78, 5) is 23.1. The highest BCUT2D eigenvalue weighted by atomic mass is 16.2. The molecule has 3 rings (SSSR count). The van der Waals surface area contributed by atoms with Crippen molar-refractivity contribution in [2.45, 2.75) is 25.8 Å². The Morgan fingerprint density at radius 1 is 1.18 bits per heavy atom. The predicted molar refractivity (Wildman–Crippen MR) is 62.8 cm³/mol. The molecule has 1 aromatic carbocycles. The SMILES string of the molecule is O=C1NCc2cc3c(cc2N1)C(=O)[C]CCC3. The molecule has 0 saturated heterocycles. The van der Waals surface area contributed by atoms with Crippen LogP contribution in [0.25, 0.3) is 0 Å². The van der Waals surface area contributed by atoms with Gasteiger partial charge in [-0.25, -0.2) is 4.79 Å². The molecule has 1 aromatic rings. The van der Waals surface area contributed by atoms with Crippen LogP contribution < -0.4 is 10.6 Å². The zero-order valence-corrected chi connectivity index (χ0v) is 9.30. The molecule has 1 heterocycles. The van der Waals surface area contributed by atoms with Crippen LogP contribution in [0.4, 0.5) is 10.5 Å². The first kappa shape index (κ1) is 10.3. The summed E-state index contributed by atoms with van der Waals surface area (Å²) >= 11 is 0. The van der Waals surface area contributed by atoms with Gasteiger partial charge in [0.05, 0.1) is 6.42 Å². The Morgan fingerprint density at radius 2 is 2.06 bits per heavy atom. The van der Waals surface area contributed by atoms with Crippen molar-refractivity contribution in [1.29, 1.82) is 0 Å². The van der Waals surface area contributed by atoms with E-state index >= 15 is 0 Å². The van der Waals surface area contributed by atoms with Crippen LogP contribution in [0.2, 0.25) is 0 Å². The minimum absolute atomic E-state index is 0.0481. The Morgan fingerprint density at radius 3 is 2.94 bits per heavy atom. The van der Waals surface area contributed by atoms with Crippen LogP contribution in [0.1, 0.15) is 34.3 Å². The summed E-state index contributed by atoms with van der Waals surface area (Å²) in [5, 5.41) is 5.44. The maximum Gasteiger partial charge on any atom is 0.319 e. The molecule has 4 nitrogen and oxygen atoms in total. The van der Waals surface area contributed by atoms with Crippen LogP contribution in [0, 0.1) is 6.42 Å². The molecular formula is C13H12N2O2. The van der Waals surface area contributed by atoms with Gasteiger partial charge in [0.15, 0.2) is 5.78 Å². The van der Waals surface area contributed by atoms with Crippen molar-refractivity contribution < 1.29 is 9.59 Å². The van der Waals surface area contributed by atoms with E-state index in [0.29, 0.717) is 18.5 Å². The Kier molecular flexibility index (Phi) is 2.35. The quantitative estimate of drug-likeness (QED) is 0.666. The number of carbonyl (C=O) groups is 2. The Bertz CT molecular complexity index is 508. The van der Waals surface area contributed by atoms with Crippen molar-refractivity contribution >= 4 is 17.5 Å². The number of carbonyl (C=O) groups excluding carboxylic acids is 2. The minimum Gasteiger partial charge on any atom is -0.334 e. The van der Waals surface area contributed by atoms with Crippen molar-refractivity contribution in [3.05, 3.63) is 35.2 Å². The monoisotopic (exact) mass is 228 g/mol. The molecule has 0 bridgehead atoms. The smallest absolute Gasteiger partial charge is 0.319 e. The largest absolute Gasteiger partial charge is 0.334 e. The number of anilines is 1. The second-order valence-corrected chi connectivity index (χ2v) is 4.33. The third-order valence-corrected chi connectivity index (χ3v) is 3.17. The van der Waals surface area contributed by atoms with Gasteiger partial charge in [-0.2, -0.15) is 0 Å². The number of fused-ring (bicyclic) bond motifs is 2. The van der Waals surface area contributed by atoms with Gasteiger partial charge in [0.1, 0.15) is 0 Å². The van der Waals surface area contributed by atoms with E-state index < -0.39 is 0 Å². The van der Waals surface area contributed by atoms with Crippen molar-refractivity contribution in [3.63, 3.8) is 0 Å². The van der Waals surface area contributed by atoms with Crippen LogP contribution in [-0.4, -0.2) is 11.8 Å². The molecule has 0 fully saturated rings. The summed E-state index contributed by atoms with van der Waals surface area (Å²) in [6, 6.07) is 3.58. The highest BCUT2D eigenvalue weighted by Gasteiger charge is 2.21. The summed E-state index contributed by atoms with van der Waals surface area (Å²) in [6.45, 7) is 0.524. The molecule has 86 valence electrons. The molecule has 0 unspecified atom stereocenters. The highest BCUT2D eigenvalue weighted by Crippen LogP contribution is 2.28. The summed E-state index contributed by atoms with van der Waals surface area (Å²) in [6.07, 6.45) is 5.42. The number of hydrogen-bond acceptors (Lipinski definition) is 2. The molecule has 17 heavy (non-hydrogen) atoms. The molecule has 2 radical (unpaired) electrons. The molecule has 2 aliphatic rings. The minimum atomic E-state index is -0.216. The zero-order valence-electron chi connectivity index (χ0n) is 9.30. The number of Topliss-reactive ketones (excluding diaryl/α,β-unsaturated/α-hetero) is 1. The topological polar surface area (TPSA) is 58.2 Å². The maximum atomic E-state index is 11.8. The van der Waals surface area contributed by atoms with E-state index in [4.69, 9.17) is 0 Å². The van der Waals surface area contributed by atoms with Crippen molar-refractivity contribution in [1.82, 2.24) is 5.32 Å². The summed E-state index contributed by atoms with van der Waals surface area (Å²) < 4.78 is 0. The van der Waals surface area contributed by atoms with E-state index in [9.17, 15) is 9.59 Å². The van der Waals surface area contributed by atoms with Crippen molar-refractivity contribution in [2.75, 3.05) is 5.32 Å². The second kappa shape index (κ2) is 3.87. The van der Waals surface area contributed by atoms with Gasteiger partial charge in [0.25, 0.3) is 0 Å². The number of benzene rings is 1. The van der Waals surface area contributed by atoms with Crippen molar-refractivity contribution in [3.8, 4) is 0 Å². The number of amides is 2. The third kappa shape index (κ3) is 1.79. The molecule has 1 aliphatic carbocycles. The normalized spacial score (nSPS) is 18.6. The zero-order chi connectivity index (χ0) is 11.8. The van der Waals surface area contributed by atoms with Gasteiger partial charge in [0, 0.05) is 17.8 Å². The van der Waals surface area contributed by atoms with Gasteiger partial charge in [-0.05, 0) is 36.5 Å². The first-order valence-electron chi connectivity index (χ1n) is 5.73. The molecule has 2 N–H and O–H groups in total. The lowest BCUT2D eigenvalue weighted by Crippen LogP contribution is -2.33. The lowest BCUT2D eigenvalue weighted by atomic mass is 9.97.